The van der Waals surface area contributed by atoms with Crippen LogP contribution in [0.4, 0.5) is 0 Å². The number of ether oxygens (including phenoxy) is 2. The Morgan fingerprint density at radius 1 is 0.402 bits per heavy atom. The molecule has 7 unspecified atom stereocenters. The van der Waals surface area contributed by atoms with E-state index in [1.54, 1.807) is 0 Å². The minimum atomic E-state index is -1.57. The fourth-order valence-corrected chi connectivity index (χ4v) is 10.7. The molecule has 0 aromatic rings. The summed E-state index contributed by atoms with van der Waals surface area (Å²) in [4.78, 5) is 13.1. The number of aliphatic hydroxyl groups is 5. The topological polar surface area (TPSA) is 149 Å². The van der Waals surface area contributed by atoms with Crippen LogP contribution in [0.15, 0.2) is 134 Å². The Bertz CT molecular complexity index is 1840. The number of hydrogen-bond donors (Lipinski definition) is 6. The van der Waals surface area contributed by atoms with Crippen LogP contribution < -0.4 is 5.32 Å². The van der Waals surface area contributed by atoms with Crippen molar-refractivity contribution in [1.82, 2.24) is 5.32 Å². The van der Waals surface area contributed by atoms with Crippen molar-refractivity contribution in [2.24, 2.45) is 0 Å². The monoisotopic (exact) mass is 1210 g/mol. The second-order valence-corrected chi connectivity index (χ2v) is 24.3. The van der Waals surface area contributed by atoms with Crippen LogP contribution in [0.3, 0.4) is 0 Å². The Kier molecular flexibility index (Phi) is 61.0. The van der Waals surface area contributed by atoms with E-state index in [0.717, 1.165) is 116 Å². The molecule has 0 spiro atoms. The first-order valence-corrected chi connectivity index (χ1v) is 35.9. The number of hydrogen-bond acceptors (Lipinski definition) is 8. The number of allylic oxidation sites excluding steroid dienone is 22. The van der Waals surface area contributed by atoms with Gasteiger partial charge in [-0.1, -0.05) is 327 Å². The quantitative estimate of drug-likeness (QED) is 0.0261. The summed E-state index contributed by atoms with van der Waals surface area (Å²) >= 11 is 0. The van der Waals surface area contributed by atoms with Crippen molar-refractivity contribution in [2.45, 2.75) is 339 Å². The highest BCUT2D eigenvalue weighted by Gasteiger charge is 2.44. The van der Waals surface area contributed by atoms with E-state index in [-0.39, 0.29) is 12.5 Å². The van der Waals surface area contributed by atoms with Gasteiger partial charge in [0.2, 0.25) is 5.91 Å². The van der Waals surface area contributed by atoms with Crippen LogP contribution in [0.5, 0.6) is 0 Å². The zero-order valence-corrected chi connectivity index (χ0v) is 55.7. The molecule has 1 rings (SSSR count). The van der Waals surface area contributed by atoms with Crippen LogP contribution in [0.2, 0.25) is 0 Å². The van der Waals surface area contributed by atoms with E-state index >= 15 is 0 Å². The van der Waals surface area contributed by atoms with Crippen molar-refractivity contribution in [3.8, 4) is 0 Å². The third-order valence-electron chi connectivity index (χ3n) is 16.3. The molecule has 0 aromatic carbocycles. The number of aliphatic hydroxyl groups excluding tert-OH is 5. The summed E-state index contributed by atoms with van der Waals surface area (Å²) in [5.74, 6) is -0.178. The van der Waals surface area contributed by atoms with Crippen molar-refractivity contribution in [3.63, 3.8) is 0 Å². The average molecular weight is 1210 g/mol. The van der Waals surface area contributed by atoms with E-state index in [4.69, 9.17) is 9.47 Å². The lowest BCUT2D eigenvalue weighted by atomic mass is 9.99. The van der Waals surface area contributed by atoms with Gasteiger partial charge in [0.25, 0.3) is 0 Å². The maximum absolute atomic E-state index is 13.1. The van der Waals surface area contributed by atoms with E-state index in [1.165, 1.54) is 154 Å². The molecule has 9 heteroatoms. The van der Waals surface area contributed by atoms with Gasteiger partial charge in [0.05, 0.1) is 25.4 Å². The highest BCUT2D eigenvalue weighted by atomic mass is 16.7. The van der Waals surface area contributed by atoms with Gasteiger partial charge in [0.1, 0.15) is 24.4 Å². The van der Waals surface area contributed by atoms with E-state index < -0.39 is 49.5 Å². The Hall–Kier alpha value is -3.67. The number of nitrogens with one attached hydrogen (secondary N) is 1. The van der Waals surface area contributed by atoms with Gasteiger partial charge in [0.15, 0.2) is 6.29 Å². The highest BCUT2D eigenvalue weighted by Crippen LogP contribution is 2.23. The maximum atomic E-state index is 13.1. The van der Waals surface area contributed by atoms with Gasteiger partial charge in [-0.15, -0.1) is 0 Å². The standard InChI is InChI=1S/C78H133NO8/c1-3-5-7-9-11-13-15-17-19-21-23-25-27-29-31-32-33-34-35-36-37-38-39-40-42-44-46-48-50-52-54-56-58-60-62-64-66-68-74(82)79-71(70-86-78-77(85)76(84)75(83)73(69-80)87-78)72(81)67-65-63-61-59-57-55-53-51-49-47-45-43-41-30-28-26-24-22-20-18-16-14-12-10-8-6-4-2/h5,7,11,13,17,19,23,25,29,31,33-34,36-37,39-40,44,46,50,52,56,58,71-73,75-78,80-81,83-85H,3-4,6,8-10,12,14-16,18,20-22,24,26-28,30,32,35,38,41-43,45,47-49,51,53-55,57,59-70H2,1-2H3,(H,79,82)/b7-5-,13-11-,19-17-,25-23-,31-29-,34-33-,37-36-,40-39-,46-44-,52-50-,58-56-. The largest absolute Gasteiger partial charge is 0.394 e. The first-order chi connectivity index (χ1) is 42.8. The number of carbonyl (C=O) groups is 1. The summed E-state index contributed by atoms with van der Waals surface area (Å²) in [6.07, 6.45) is 92.3. The molecule has 0 radical (unpaired) electrons. The third kappa shape index (κ3) is 53.8. The van der Waals surface area contributed by atoms with E-state index in [0.29, 0.717) is 12.8 Å². The molecule has 9 nitrogen and oxygen atoms in total. The molecule has 1 aliphatic rings. The van der Waals surface area contributed by atoms with Gasteiger partial charge in [-0.2, -0.15) is 0 Å². The highest BCUT2D eigenvalue weighted by molar-refractivity contribution is 5.76. The SMILES string of the molecule is CC/C=C\C/C=C\C/C=C\C/C=C\C/C=C\C/C=C\C/C=C\C/C=C\C/C=C\C/C=C\C/C=C\CCCCCC(=O)NC(COC1OC(CO)C(O)C(O)C1O)C(O)CCCCCCCCCCCCCCCCCCCCCCCCCCCCC. The predicted molar refractivity (Wildman–Crippen MR) is 373 cm³/mol. The minimum Gasteiger partial charge on any atom is -0.394 e. The molecule has 0 aliphatic carbocycles. The summed E-state index contributed by atoms with van der Waals surface area (Å²) in [7, 11) is 0. The van der Waals surface area contributed by atoms with Crippen LogP contribution in [-0.4, -0.2) is 87.5 Å². The minimum absolute atomic E-state index is 0.159. The van der Waals surface area contributed by atoms with Crippen molar-refractivity contribution in [2.75, 3.05) is 13.2 Å². The number of carbonyl (C=O) groups excluding carboxylic acids is 1. The lowest BCUT2D eigenvalue weighted by molar-refractivity contribution is -0.302. The van der Waals surface area contributed by atoms with Crippen LogP contribution in [-0.2, 0) is 14.3 Å². The average Bonchev–Trinajstić information content (AvgIpc) is 3.37. The first-order valence-electron chi connectivity index (χ1n) is 35.9. The molecular formula is C78H133NO8. The van der Waals surface area contributed by atoms with Crippen LogP contribution in [0.1, 0.15) is 296 Å². The second-order valence-electron chi connectivity index (χ2n) is 24.3. The van der Waals surface area contributed by atoms with E-state index in [2.05, 4.69) is 153 Å². The van der Waals surface area contributed by atoms with Gasteiger partial charge in [0, 0.05) is 6.42 Å². The molecule has 0 aromatic heterocycles. The van der Waals surface area contributed by atoms with Crippen molar-refractivity contribution < 1.29 is 39.8 Å². The molecule has 1 saturated heterocycles. The Balaban J connectivity index is 2.18. The van der Waals surface area contributed by atoms with Crippen molar-refractivity contribution >= 4 is 5.91 Å². The molecule has 1 aliphatic heterocycles. The van der Waals surface area contributed by atoms with Crippen LogP contribution in [0.25, 0.3) is 0 Å². The molecule has 0 saturated carbocycles. The smallest absolute Gasteiger partial charge is 0.220 e. The van der Waals surface area contributed by atoms with E-state index in [9.17, 15) is 30.3 Å². The molecule has 6 N–H and O–H groups in total. The normalized spacial score (nSPS) is 18.8. The molecule has 87 heavy (non-hydrogen) atoms. The first kappa shape index (κ1) is 81.3. The van der Waals surface area contributed by atoms with Crippen molar-refractivity contribution in [1.29, 1.82) is 0 Å². The lowest BCUT2D eigenvalue weighted by Crippen LogP contribution is -2.60. The predicted octanol–water partition coefficient (Wildman–Crippen LogP) is 20.0. The Morgan fingerprint density at radius 2 is 0.713 bits per heavy atom. The zero-order valence-electron chi connectivity index (χ0n) is 55.7. The second kappa shape index (κ2) is 65.3. The zero-order chi connectivity index (χ0) is 62.8. The summed E-state index contributed by atoms with van der Waals surface area (Å²) < 4.78 is 11.4. The Morgan fingerprint density at radius 3 is 1.05 bits per heavy atom. The number of rotatable bonds is 61. The number of amides is 1. The fraction of sp³-hybridized carbons (Fsp3) is 0.705. The van der Waals surface area contributed by atoms with Gasteiger partial charge >= 0.3 is 0 Å². The van der Waals surface area contributed by atoms with E-state index in [1.807, 2.05) is 0 Å². The van der Waals surface area contributed by atoms with Crippen molar-refractivity contribution in [3.05, 3.63) is 134 Å². The van der Waals surface area contributed by atoms with Gasteiger partial charge in [-0.05, 0) is 96.3 Å². The van der Waals surface area contributed by atoms with Crippen LogP contribution in [0, 0.1) is 0 Å². The molecule has 1 heterocycles. The lowest BCUT2D eigenvalue weighted by Gasteiger charge is -2.40. The molecular weight excluding hydrogens is 1080 g/mol. The molecule has 498 valence electrons. The maximum Gasteiger partial charge on any atom is 0.220 e. The van der Waals surface area contributed by atoms with Gasteiger partial charge in [-0.3, -0.25) is 4.79 Å². The Labute approximate surface area is 534 Å². The molecule has 1 amide bonds. The van der Waals surface area contributed by atoms with Gasteiger partial charge in [-0.25, -0.2) is 0 Å². The molecule has 1 fully saturated rings. The third-order valence-corrected chi connectivity index (χ3v) is 16.3. The number of unbranched alkanes of at least 4 members (excludes halogenated alkanes) is 29. The molecule has 0 bridgehead atoms. The fourth-order valence-electron chi connectivity index (χ4n) is 10.7. The summed E-state index contributed by atoms with van der Waals surface area (Å²) in [6.45, 7) is 3.73. The van der Waals surface area contributed by atoms with Crippen LogP contribution >= 0.6 is 0 Å². The summed E-state index contributed by atoms with van der Waals surface area (Å²) in [5, 5.41) is 54.9. The summed E-state index contributed by atoms with van der Waals surface area (Å²) in [6, 6.07) is -0.749. The summed E-state index contributed by atoms with van der Waals surface area (Å²) in [5.41, 5.74) is 0. The molecule has 7 atom stereocenters. The van der Waals surface area contributed by atoms with Gasteiger partial charge < -0.3 is 40.3 Å².